The number of rotatable bonds is 5. The summed E-state index contributed by atoms with van der Waals surface area (Å²) in [4.78, 5) is 27.8. The van der Waals surface area contributed by atoms with E-state index in [2.05, 4.69) is 0 Å². The van der Waals surface area contributed by atoms with Gasteiger partial charge >= 0.3 is 0 Å². The molecule has 0 radical (unpaired) electrons. The third-order valence-corrected chi connectivity index (χ3v) is 5.90. The molecule has 1 aromatic heterocycles. The van der Waals surface area contributed by atoms with Crippen LogP contribution in [0.5, 0.6) is 5.75 Å². The lowest BCUT2D eigenvalue weighted by molar-refractivity contribution is -0.140. The Bertz CT molecular complexity index is 1390. The van der Waals surface area contributed by atoms with Crippen LogP contribution in [-0.4, -0.2) is 28.8 Å². The van der Waals surface area contributed by atoms with Gasteiger partial charge in [0, 0.05) is 11.1 Å². The van der Waals surface area contributed by atoms with Gasteiger partial charge in [0.2, 0.25) is 0 Å². The normalized spacial score (nSPS) is 17.6. The number of aliphatic hydroxyl groups is 1. The summed E-state index contributed by atoms with van der Waals surface area (Å²) in [6.07, 6.45) is 1.51. The van der Waals surface area contributed by atoms with Crippen molar-refractivity contribution in [1.82, 2.24) is 4.90 Å². The molecule has 1 saturated heterocycles. The highest BCUT2D eigenvalue weighted by Crippen LogP contribution is 2.43. The van der Waals surface area contributed by atoms with Crippen LogP contribution in [0.15, 0.2) is 95.1 Å². The summed E-state index contributed by atoms with van der Waals surface area (Å²) in [5.74, 6) is -0.634. The molecule has 0 bridgehead atoms. The Hall–Kier alpha value is -4.32. The van der Waals surface area contributed by atoms with Crippen LogP contribution in [0, 0.1) is 0 Å². The number of hydrogen-bond donors (Lipinski definition) is 1. The van der Waals surface area contributed by atoms with Crippen LogP contribution in [-0.2, 0) is 16.1 Å². The summed E-state index contributed by atoms with van der Waals surface area (Å²) in [6, 6.07) is 23.0. The highest BCUT2D eigenvalue weighted by Gasteiger charge is 2.47. The summed E-state index contributed by atoms with van der Waals surface area (Å²) >= 11 is 0. The van der Waals surface area contributed by atoms with Gasteiger partial charge in [0.05, 0.1) is 31.5 Å². The average molecular weight is 439 g/mol. The van der Waals surface area contributed by atoms with Crippen molar-refractivity contribution in [2.24, 2.45) is 0 Å². The summed E-state index contributed by atoms with van der Waals surface area (Å²) in [5.41, 5.74) is 1.09. The van der Waals surface area contributed by atoms with E-state index >= 15 is 0 Å². The zero-order chi connectivity index (χ0) is 22.9. The Morgan fingerprint density at radius 3 is 2.48 bits per heavy atom. The molecule has 3 aromatic carbocycles. The number of carbonyl (C=O) groups excluding carboxylic acids is 2. The van der Waals surface area contributed by atoms with E-state index in [4.69, 9.17) is 9.15 Å². The van der Waals surface area contributed by atoms with Gasteiger partial charge in [0.15, 0.2) is 0 Å². The maximum Gasteiger partial charge on any atom is 0.296 e. The molecule has 0 spiro atoms. The molecule has 6 nitrogen and oxygen atoms in total. The van der Waals surface area contributed by atoms with Crippen LogP contribution in [0.2, 0.25) is 0 Å². The number of methoxy groups -OCH3 is 1. The summed E-state index contributed by atoms with van der Waals surface area (Å²) in [5, 5.41) is 13.2. The first-order chi connectivity index (χ1) is 16.1. The summed E-state index contributed by atoms with van der Waals surface area (Å²) in [7, 11) is 1.53. The average Bonchev–Trinajstić information content (AvgIpc) is 3.45. The van der Waals surface area contributed by atoms with E-state index in [1.807, 2.05) is 42.5 Å². The Morgan fingerprint density at radius 1 is 0.970 bits per heavy atom. The van der Waals surface area contributed by atoms with E-state index < -0.39 is 17.7 Å². The molecule has 1 aliphatic rings. The Labute approximate surface area is 190 Å². The smallest absolute Gasteiger partial charge is 0.296 e. The quantitative estimate of drug-likeness (QED) is 0.267. The van der Waals surface area contributed by atoms with E-state index in [1.54, 1.807) is 36.4 Å². The standard InChI is InChI=1S/C27H21NO5/c1-32-22-11-5-4-10-21(22)24-23(26(30)27(31)28(24)16-20-9-6-14-33-20)25(29)19-13-12-17-7-2-3-8-18(17)15-19/h2-15,24,29H,16H2,1H3/b25-23+. The number of ketones is 1. The maximum atomic E-state index is 13.2. The lowest BCUT2D eigenvalue weighted by Gasteiger charge is -2.25. The van der Waals surface area contributed by atoms with Crippen LogP contribution < -0.4 is 4.74 Å². The van der Waals surface area contributed by atoms with E-state index in [0.717, 1.165) is 10.8 Å². The number of ether oxygens (including phenoxy) is 1. The van der Waals surface area contributed by atoms with Crippen LogP contribution in [0.3, 0.4) is 0 Å². The number of para-hydroxylation sites is 1. The predicted octanol–water partition coefficient (Wildman–Crippen LogP) is 5.06. The SMILES string of the molecule is COc1ccccc1C1/C(=C(\O)c2ccc3ccccc3c2)C(=O)C(=O)N1Cc1ccco1. The second kappa shape index (κ2) is 8.31. The Balaban J connectivity index is 1.70. The van der Waals surface area contributed by atoms with Crippen molar-refractivity contribution in [3.05, 3.63) is 108 Å². The first-order valence-electron chi connectivity index (χ1n) is 10.5. The van der Waals surface area contributed by atoms with Crippen LogP contribution in [0.4, 0.5) is 0 Å². The van der Waals surface area contributed by atoms with E-state index in [0.29, 0.717) is 22.6 Å². The Morgan fingerprint density at radius 2 is 1.73 bits per heavy atom. The van der Waals surface area contributed by atoms with Crippen molar-refractivity contribution in [3.8, 4) is 5.75 Å². The highest BCUT2D eigenvalue weighted by molar-refractivity contribution is 6.46. The van der Waals surface area contributed by atoms with Crippen molar-refractivity contribution >= 4 is 28.2 Å². The fraction of sp³-hybridized carbons (Fsp3) is 0.111. The molecule has 0 saturated carbocycles. The summed E-state index contributed by atoms with van der Waals surface area (Å²) < 4.78 is 11.0. The number of amides is 1. The first-order valence-corrected chi connectivity index (χ1v) is 10.5. The molecule has 164 valence electrons. The molecule has 1 unspecified atom stereocenters. The molecule has 6 heteroatoms. The third kappa shape index (κ3) is 3.55. The molecule has 5 rings (SSSR count). The zero-order valence-corrected chi connectivity index (χ0v) is 17.9. The molecule has 1 aliphatic heterocycles. The number of furan rings is 1. The van der Waals surface area contributed by atoms with Crippen LogP contribution in [0.1, 0.15) is 22.9 Å². The van der Waals surface area contributed by atoms with Crippen molar-refractivity contribution in [3.63, 3.8) is 0 Å². The minimum atomic E-state index is -0.835. The molecule has 4 aromatic rings. The minimum absolute atomic E-state index is 0.0198. The van der Waals surface area contributed by atoms with Gasteiger partial charge in [0.25, 0.3) is 11.7 Å². The number of likely N-dealkylation sites (tertiary alicyclic amines) is 1. The van der Waals surface area contributed by atoms with Gasteiger partial charge < -0.3 is 19.2 Å². The molecule has 1 N–H and O–H groups in total. The second-order valence-corrected chi connectivity index (χ2v) is 7.81. The number of carbonyl (C=O) groups is 2. The van der Waals surface area contributed by atoms with Crippen molar-refractivity contribution in [2.75, 3.05) is 7.11 Å². The lowest BCUT2D eigenvalue weighted by atomic mass is 9.94. The summed E-state index contributed by atoms with van der Waals surface area (Å²) in [6.45, 7) is 0.0782. The van der Waals surface area contributed by atoms with Gasteiger partial charge in [-0.25, -0.2) is 0 Å². The van der Waals surface area contributed by atoms with E-state index in [1.165, 1.54) is 18.3 Å². The van der Waals surface area contributed by atoms with E-state index in [9.17, 15) is 14.7 Å². The zero-order valence-electron chi connectivity index (χ0n) is 17.9. The van der Waals surface area contributed by atoms with Crippen molar-refractivity contribution in [2.45, 2.75) is 12.6 Å². The second-order valence-electron chi connectivity index (χ2n) is 7.81. The molecule has 2 heterocycles. The largest absolute Gasteiger partial charge is 0.507 e. The molecular weight excluding hydrogens is 418 g/mol. The monoisotopic (exact) mass is 439 g/mol. The van der Waals surface area contributed by atoms with Gasteiger partial charge in [-0.1, -0.05) is 54.6 Å². The van der Waals surface area contributed by atoms with Gasteiger partial charge in [-0.05, 0) is 35.0 Å². The number of benzene rings is 3. The minimum Gasteiger partial charge on any atom is -0.507 e. The maximum absolute atomic E-state index is 13.2. The van der Waals surface area contributed by atoms with E-state index in [-0.39, 0.29) is 17.9 Å². The van der Waals surface area contributed by atoms with Crippen LogP contribution >= 0.6 is 0 Å². The number of hydrogen-bond acceptors (Lipinski definition) is 5. The molecule has 33 heavy (non-hydrogen) atoms. The number of aliphatic hydroxyl groups excluding tert-OH is 1. The molecular formula is C27H21NO5. The highest BCUT2D eigenvalue weighted by atomic mass is 16.5. The van der Waals surface area contributed by atoms with Gasteiger partial charge in [-0.2, -0.15) is 0 Å². The fourth-order valence-corrected chi connectivity index (χ4v) is 4.32. The number of fused-ring (bicyclic) bond motifs is 1. The van der Waals surface area contributed by atoms with Gasteiger partial charge in [0.1, 0.15) is 17.3 Å². The predicted molar refractivity (Wildman–Crippen MR) is 123 cm³/mol. The Kier molecular flexibility index (Phi) is 5.18. The topological polar surface area (TPSA) is 80.0 Å². The molecule has 1 fully saturated rings. The third-order valence-electron chi connectivity index (χ3n) is 5.90. The molecule has 0 aliphatic carbocycles. The lowest BCUT2D eigenvalue weighted by Crippen LogP contribution is -2.29. The molecule has 1 amide bonds. The van der Waals surface area contributed by atoms with Gasteiger partial charge in [-0.3, -0.25) is 9.59 Å². The number of nitrogens with zero attached hydrogens (tertiary/aromatic N) is 1. The number of Topliss-reactive ketones (excluding diaryl/α,β-unsaturated/α-hetero) is 1. The molecule has 1 atom stereocenters. The van der Waals surface area contributed by atoms with Crippen molar-refractivity contribution in [1.29, 1.82) is 0 Å². The first kappa shape index (κ1) is 20.6. The fourth-order valence-electron chi connectivity index (χ4n) is 4.32. The van der Waals surface area contributed by atoms with Crippen molar-refractivity contribution < 1.29 is 23.8 Å². The van der Waals surface area contributed by atoms with Gasteiger partial charge in [-0.15, -0.1) is 0 Å². The van der Waals surface area contributed by atoms with Crippen LogP contribution in [0.25, 0.3) is 16.5 Å².